The van der Waals surface area contributed by atoms with Crippen LogP contribution >= 0.6 is 0 Å². The monoisotopic (exact) mass is 272 g/mol. The third kappa shape index (κ3) is 3.65. The van der Waals surface area contributed by atoms with Gasteiger partial charge in [-0.3, -0.25) is 0 Å². The molecule has 6 nitrogen and oxygen atoms in total. The van der Waals surface area contributed by atoms with Crippen LogP contribution in [0, 0.1) is 0 Å². The smallest absolute Gasteiger partial charge is 0.423 e. The van der Waals surface area contributed by atoms with Crippen LogP contribution in [0.2, 0.25) is 13.1 Å². The lowest BCUT2D eigenvalue weighted by molar-refractivity contribution is 0.138. The van der Waals surface area contributed by atoms with Gasteiger partial charge in [0.25, 0.3) is 10.0 Å². The standard InChI is InChI=1S/C4H16O6Si4/c1-5-13-9-12(3)7-11-8-14(4,6-2)10-13/h12-13H,11H2,1-4H3. The molecule has 0 bridgehead atoms. The summed E-state index contributed by atoms with van der Waals surface area (Å²) < 4.78 is 32.6. The highest BCUT2D eigenvalue weighted by Gasteiger charge is 2.40. The van der Waals surface area contributed by atoms with E-state index in [2.05, 4.69) is 0 Å². The van der Waals surface area contributed by atoms with Crippen molar-refractivity contribution in [2.24, 2.45) is 0 Å². The highest BCUT2D eigenvalue weighted by atomic mass is 28.5. The molecule has 0 amide bonds. The van der Waals surface area contributed by atoms with Gasteiger partial charge < -0.3 is 25.3 Å². The first-order valence-electron chi connectivity index (χ1n) is 4.26. The number of rotatable bonds is 2. The van der Waals surface area contributed by atoms with E-state index in [-0.39, 0.29) is 0 Å². The molecule has 0 radical (unpaired) electrons. The Bertz CT molecular complexity index is 183. The maximum Gasteiger partial charge on any atom is 0.480 e. The average molecular weight is 273 g/mol. The molecular formula is C4H16O6Si4. The molecule has 1 aliphatic rings. The molecule has 3 atom stereocenters. The zero-order valence-corrected chi connectivity index (χ0v) is 13.5. The molecule has 1 rings (SSSR count). The zero-order chi connectivity index (χ0) is 10.6. The first kappa shape index (κ1) is 12.7. The van der Waals surface area contributed by atoms with Crippen LogP contribution < -0.4 is 0 Å². The second kappa shape index (κ2) is 5.64. The maximum atomic E-state index is 5.63. The maximum absolute atomic E-state index is 5.63. The number of hydrogen-bond acceptors (Lipinski definition) is 6. The van der Waals surface area contributed by atoms with E-state index < -0.39 is 37.6 Å². The average Bonchev–Trinajstić information content (AvgIpc) is 2.14. The fourth-order valence-electron chi connectivity index (χ4n) is 0.880. The second-order valence-corrected chi connectivity index (χ2v) is 11.9. The molecule has 0 aromatic rings. The topological polar surface area (TPSA) is 55.4 Å². The van der Waals surface area contributed by atoms with Gasteiger partial charge in [-0.25, -0.2) is 0 Å². The van der Waals surface area contributed by atoms with Gasteiger partial charge in [0.15, 0.2) is 0 Å². The Morgan fingerprint density at radius 2 is 2.07 bits per heavy atom. The third-order valence-electron chi connectivity index (χ3n) is 1.80. The molecule has 0 aromatic carbocycles. The van der Waals surface area contributed by atoms with Gasteiger partial charge >= 0.3 is 27.6 Å². The van der Waals surface area contributed by atoms with Crippen molar-refractivity contribution in [1.29, 1.82) is 0 Å². The Hall–Kier alpha value is 0.628. The van der Waals surface area contributed by atoms with Crippen molar-refractivity contribution >= 4 is 37.6 Å². The summed E-state index contributed by atoms with van der Waals surface area (Å²) in [5.74, 6) is 0. The van der Waals surface area contributed by atoms with Gasteiger partial charge in [-0.1, -0.05) is 0 Å². The third-order valence-corrected chi connectivity index (χ3v) is 12.8. The fourth-order valence-corrected chi connectivity index (χ4v) is 10.4. The Morgan fingerprint density at radius 3 is 2.64 bits per heavy atom. The Kier molecular flexibility index (Phi) is 5.12. The van der Waals surface area contributed by atoms with Gasteiger partial charge in [-0.2, -0.15) is 0 Å². The quantitative estimate of drug-likeness (QED) is 0.570. The molecule has 3 unspecified atom stereocenters. The summed E-state index contributed by atoms with van der Waals surface area (Å²) in [7, 11) is -4.12. The van der Waals surface area contributed by atoms with Gasteiger partial charge in [0.05, 0.1) is 0 Å². The highest BCUT2D eigenvalue weighted by molar-refractivity contribution is 6.73. The minimum Gasteiger partial charge on any atom is -0.423 e. The normalized spacial score (nSPS) is 42.0. The van der Waals surface area contributed by atoms with Crippen molar-refractivity contribution in [3.05, 3.63) is 0 Å². The van der Waals surface area contributed by atoms with E-state index in [1.54, 1.807) is 14.2 Å². The fraction of sp³-hybridized carbons (Fsp3) is 1.00. The SMILES string of the molecule is CO[SiH]1O[SiH](C)O[SiH2]O[Si](C)(OC)O1. The van der Waals surface area contributed by atoms with E-state index >= 15 is 0 Å². The van der Waals surface area contributed by atoms with Crippen LogP contribution in [0.15, 0.2) is 0 Å². The van der Waals surface area contributed by atoms with Crippen molar-refractivity contribution < 1.29 is 25.3 Å². The van der Waals surface area contributed by atoms with Crippen LogP contribution in [0.3, 0.4) is 0 Å². The molecule has 0 aromatic heterocycles. The van der Waals surface area contributed by atoms with Crippen LogP contribution in [-0.2, 0) is 25.3 Å². The van der Waals surface area contributed by atoms with Crippen LogP contribution in [0.25, 0.3) is 0 Å². The lowest BCUT2D eigenvalue weighted by atomic mass is 11.8. The first-order chi connectivity index (χ1) is 6.59. The zero-order valence-electron chi connectivity index (χ0n) is 8.81. The molecule has 14 heavy (non-hydrogen) atoms. The van der Waals surface area contributed by atoms with Crippen molar-refractivity contribution in [2.45, 2.75) is 13.1 Å². The predicted octanol–water partition coefficient (Wildman–Crippen LogP) is -1.51. The molecule has 1 heterocycles. The molecule has 0 saturated carbocycles. The summed E-state index contributed by atoms with van der Waals surface area (Å²) in [6.45, 7) is 3.76. The largest absolute Gasteiger partial charge is 0.480 e. The van der Waals surface area contributed by atoms with Crippen molar-refractivity contribution in [2.75, 3.05) is 14.2 Å². The summed E-state index contributed by atoms with van der Waals surface area (Å²) in [5, 5.41) is 0. The molecular weight excluding hydrogens is 256 g/mol. The first-order valence-corrected chi connectivity index (χ1v) is 11.2. The van der Waals surface area contributed by atoms with E-state index in [9.17, 15) is 0 Å². The summed E-state index contributed by atoms with van der Waals surface area (Å²) in [4.78, 5) is 0. The van der Waals surface area contributed by atoms with Gasteiger partial charge in [-0.15, -0.1) is 0 Å². The van der Waals surface area contributed by atoms with Crippen molar-refractivity contribution in [1.82, 2.24) is 0 Å². The van der Waals surface area contributed by atoms with E-state index in [4.69, 9.17) is 25.3 Å². The lowest BCUT2D eigenvalue weighted by Crippen LogP contribution is -2.53. The van der Waals surface area contributed by atoms with Crippen LogP contribution in [-0.4, -0.2) is 51.8 Å². The molecule has 84 valence electrons. The summed E-state index contributed by atoms with van der Waals surface area (Å²) in [6.07, 6.45) is 0. The van der Waals surface area contributed by atoms with Crippen LogP contribution in [0.5, 0.6) is 0 Å². The van der Waals surface area contributed by atoms with E-state index in [0.29, 0.717) is 0 Å². The summed E-state index contributed by atoms with van der Waals surface area (Å²) >= 11 is 0. The van der Waals surface area contributed by atoms with E-state index in [0.717, 1.165) is 0 Å². The molecule has 10 heteroatoms. The molecule has 1 aliphatic heterocycles. The summed E-state index contributed by atoms with van der Waals surface area (Å²) in [6, 6.07) is 0. The van der Waals surface area contributed by atoms with E-state index in [1.807, 2.05) is 13.1 Å². The summed E-state index contributed by atoms with van der Waals surface area (Å²) in [5.41, 5.74) is 0. The second-order valence-electron chi connectivity index (χ2n) is 2.84. The van der Waals surface area contributed by atoms with Gasteiger partial charge in [0, 0.05) is 20.8 Å². The predicted molar refractivity (Wildman–Crippen MR) is 58.7 cm³/mol. The number of hydrogen-bond donors (Lipinski definition) is 0. The van der Waals surface area contributed by atoms with Crippen molar-refractivity contribution in [3.63, 3.8) is 0 Å². The molecule has 1 saturated heterocycles. The Balaban J connectivity index is 2.58. The minimum atomic E-state index is -2.54. The molecule has 0 spiro atoms. The van der Waals surface area contributed by atoms with Gasteiger partial charge in [0.1, 0.15) is 0 Å². The van der Waals surface area contributed by atoms with E-state index in [1.165, 1.54) is 0 Å². The molecule has 0 N–H and O–H groups in total. The minimum absolute atomic E-state index is 1.03. The molecule has 0 aliphatic carbocycles. The van der Waals surface area contributed by atoms with Crippen LogP contribution in [0.4, 0.5) is 0 Å². The van der Waals surface area contributed by atoms with Gasteiger partial charge in [0.2, 0.25) is 0 Å². The lowest BCUT2D eigenvalue weighted by Gasteiger charge is -2.32. The Morgan fingerprint density at radius 1 is 1.36 bits per heavy atom. The van der Waals surface area contributed by atoms with Gasteiger partial charge in [-0.05, 0) is 6.55 Å². The Labute approximate surface area is 90.7 Å². The highest BCUT2D eigenvalue weighted by Crippen LogP contribution is 2.13. The molecule has 1 fully saturated rings. The van der Waals surface area contributed by atoms with Crippen molar-refractivity contribution in [3.8, 4) is 0 Å². The van der Waals surface area contributed by atoms with Crippen LogP contribution in [0.1, 0.15) is 0 Å².